The molecule has 82 valence electrons. The molecule has 0 heterocycles. The minimum atomic E-state index is -0.211. The smallest absolute Gasteiger partial charge is 0.302 e. The number of benzene rings is 1. The Morgan fingerprint density at radius 1 is 1.27 bits per heavy atom. The first-order chi connectivity index (χ1) is 7.24. The second-order valence-corrected chi connectivity index (χ2v) is 3.55. The Morgan fingerprint density at radius 2 is 1.80 bits per heavy atom. The van der Waals surface area contributed by atoms with Gasteiger partial charge in [0.1, 0.15) is 0 Å². The lowest BCUT2D eigenvalue weighted by Crippen LogP contribution is -1.95. The normalized spacial score (nSPS) is 12.4. The van der Waals surface area contributed by atoms with E-state index in [1.165, 1.54) is 26.2 Å². The van der Waals surface area contributed by atoms with Gasteiger partial charge in [-0.1, -0.05) is 24.3 Å². The molecule has 1 aromatic rings. The summed E-state index contributed by atoms with van der Waals surface area (Å²) in [6.45, 7) is 3.65. The van der Waals surface area contributed by atoms with Crippen molar-refractivity contribution in [2.24, 2.45) is 0 Å². The number of fused-ring (bicyclic) bond motifs is 1. The Hall–Kier alpha value is -1.31. The molecule has 2 rings (SSSR count). The lowest BCUT2D eigenvalue weighted by molar-refractivity contribution is -0.140. The molecule has 1 aliphatic rings. The van der Waals surface area contributed by atoms with E-state index in [4.69, 9.17) is 0 Å². The Kier molecular flexibility index (Phi) is 4.88. The topological polar surface area (TPSA) is 26.3 Å². The van der Waals surface area contributed by atoms with Gasteiger partial charge in [-0.3, -0.25) is 4.79 Å². The Labute approximate surface area is 91.3 Å². The molecular formula is C13H18O2. The molecule has 0 unspecified atom stereocenters. The fraction of sp³-hybridized carbons (Fsp3) is 0.462. The zero-order valence-electron chi connectivity index (χ0n) is 9.45. The monoisotopic (exact) mass is 206 g/mol. The van der Waals surface area contributed by atoms with E-state index in [0.29, 0.717) is 6.61 Å². The van der Waals surface area contributed by atoms with Gasteiger partial charge in [0, 0.05) is 6.92 Å². The van der Waals surface area contributed by atoms with Crippen molar-refractivity contribution in [2.45, 2.75) is 33.1 Å². The van der Waals surface area contributed by atoms with Crippen LogP contribution in [0.1, 0.15) is 31.4 Å². The molecule has 0 N–H and O–H groups in total. The number of hydrogen-bond acceptors (Lipinski definition) is 2. The summed E-state index contributed by atoms with van der Waals surface area (Å²) in [6.07, 6.45) is 3.96. The zero-order valence-corrected chi connectivity index (χ0v) is 9.45. The van der Waals surface area contributed by atoms with Crippen LogP contribution >= 0.6 is 0 Å². The van der Waals surface area contributed by atoms with E-state index in [1.807, 2.05) is 0 Å². The van der Waals surface area contributed by atoms with Crippen LogP contribution in [0.2, 0.25) is 0 Å². The van der Waals surface area contributed by atoms with Crippen molar-refractivity contribution in [1.82, 2.24) is 0 Å². The average Bonchev–Trinajstić information content (AvgIpc) is 2.65. The van der Waals surface area contributed by atoms with Crippen LogP contribution in [0.25, 0.3) is 0 Å². The maximum Gasteiger partial charge on any atom is 0.302 e. The molecule has 0 saturated carbocycles. The van der Waals surface area contributed by atoms with Crippen molar-refractivity contribution >= 4 is 5.97 Å². The number of hydrogen-bond donors (Lipinski definition) is 0. The van der Waals surface area contributed by atoms with Gasteiger partial charge in [-0.25, -0.2) is 0 Å². The van der Waals surface area contributed by atoms with Crippen molar-refractivity contribution < 1.29 is 9.53 Å². The SMILES string of the molecule is CCOC(C)=O.c1ccc2c(c1)CCC2. The van der Waals surface area contributed by atoms with E-state index in [0.717, 1.165) is 0 Å². The third-order valence-corrected chi connectivity index (χ3v) is 2.36. The van der Waals surface area contributed by atoms with Gasteiger partial charge in [0.05, 0.1) is 6.61 Å². The molecule has 1 aliphatic carbocycles. The van der Waals surface area contributed by atoms with Crippen LogP contribution in [0.4, 0.5) is 0 Å². The zero-order chi connectivity index (χ0) is 11.1. The second-order valence-electron chi connectivity index (χ2n) is 3.55. The third-order valence-electron chi connectivity index (χ3n) is 2.36. The van der Waals surface area contributed by atoms with Crippen molar-refractivity contribution in [1.29, 1.82) is 0 Å². The lowest BCUT2D eigenvalue weighted by Gasteiger charge is -1.93. The highest BCUT2D eigenvalue weighted by Gasteiger charge is 2.07. The van der Waals surface area contributed by atoms with Crippen LogP contribution in [-0.2, 0) is 22.4 Å². The number of ether oxygens (including phenoxy) is 1. The summed E-state index contributed by atoms with van der Waals surface area (Å²) in [5.74, 6) is -0.211. The second kappa shape index (κ2) is 6.23. The molecule has 0 atom stereocenters. The predicted molar refractivity (Wildman–Crippen MR) is 60.8 cm³/mol. The molecule has 0 spiro atoms. The summed E-state index contributed by atoms with van der Waals surface area (Å²) in [7, 11) is 0. The lowest BCUT2D eigenvalue weighted by atomic mass is 10.1. The molecule has 0 bridgehead atoms. The molecule has 0 saturated heterocycles. The first kappa shape index (κ1) is 11.8. The molecule has 0 radical (unpaired) electrons. The number of rotatable bonds is 1. The minimum absolute atomic E-state index is 0.211. The molecule has 0 fully saturated rings. The van der Waals surface area contributed by atoms with E-state index in [-0.39, 0.29) is 5.97 Å². The summed E-state index contributed by atoms with van der Waals surface area (Å²) in [5, 5.41) is 0. The first-order valence-corrected chi connectivity index (χ1v) is 5.44. The van der Waals surface area contributed by atoms with Gasteiger partial charge in [-0.05, 0) is 37.3 Å². The van der Waals surface area contributed by atoms with Gasteiger partial charge >= 0.3 is 5.97 Å². The number of aryl methyl sites for hydroxylation is 2. The van der Waals surface area contributed by atoms with Crippen molar-refractivity contribution in [3.63, 3.8) is 0 Å². The summed E-state index contributed by atoms with van der Waals surface area (Å²) in [5.41, 5.74) is 3.13. The first-order valence-electron chi connectivity index (χ1n) is 5.44. The molecule has 0 aromatic heterocycles. The highest BCUT2D eigenvalue weighted by Crippen LogP contribution is 2.20. The van der Waals surface area contributed by atoms with Crippen LogP contribution in [0.3, 0.4) is 0 Å². The van der Waals surface area contributed by atoms with E-state index < -0.39 is 0 Å². The average molecular weight is 206 g/mol. The summed E-state index contributed by atoms with van der Waals surface area (Å²) in [6, 6.07) is 8.74. The number of carbonyl (C=O) groups is 1. The Balaban J connectivity index is 0.000000167. The molecule has 0 amide bonds. The molecule has 2 heteroatoms. The molecular weight excluding hydrogens is 188 g/mol. The van der Waals surface area contributed by atoms with Gasteiger partial charge in [-0.15, -0.1) is 0 Å². The van der Waals surface area contributed by atoms with E-state index >= 15 is 0 Å². The molecule has 0 aliphatic heterocycles. The minimum Gasteiger partial charge on any atom is -0.466 e. The molecule has 15 heavy (non-hydrogen) atoms. The van der Waals surface area contributed by atoms with Crippen molar-refractivity contribution in [2.75, 3.05) is 6.61 Å². The van der Waals surface area contributed by atoms with Gasteiger partial charge in [0.2, 0.25) is 0 Å². The van der Waals surface area contributed by atoms with E-state index in [1.54, 1.807) is 18.1 Å². The molecule has 2 nitrogen and oxygen atoms in total. The van der Waals surface area contributed by atoms with Crippen LogP contribution in [-0.4, -0.2) is 12.6 Å². The van der Waals surface area contributed by atoms with Crippen molar-refractivity contribution in [3.05, 3.63) is 35.4 Å². The fourth-order valence-electron chi connectivity index (χ4n) is 1.72. The number of esters is 1. The van der Waals surface area contributed by atoms with Crippen LogP contribution in [0.15, 0.2) is 24.3 Å². The quantitative estimate of drug-likeness (QED) is 0.660. The Bertz CT molecular complexity index is 295. The van der Waals surface area contributed by atoms with Gasteiger partial charge in [0.25, 0.3) is 0 Å². The number of carbonyl (C=O) groups excluding carboxylic acids is 1. The van der Waals surface area contributed by atoms with Gasteiger partial charge in [0.15, 0.2) is 0 Å². The highest BCUT2D eigenvalue weighted by atomic mass is 16.5. The van der Waals surface area contributed by atoms with Crippen molar-refractivity contribution in [3.8, 4) is 0 Å². The van der Waals surface area contributed by atoms with Gasteiger partial charge < -0.3 is 4.74 Å². The van der Waals surface area contributed by atoms with Crippen LogP contribution in [0, 0.1) is 0 Å². The molecule has 1 aromatic carbocycles. The standard InChI is InChI=1S/C9H10.C4H8O2/c1-2-5-9-7-3-6-8(9)4-1;1-3-6-4(2)5/h1-2,4-5H,3,6-7H2;3H2,1-2H3. The van der Waals surface area contributed by atoms with E-state index in [2.05, 4.69) is 29.0 Å². The maximum absolute atomic E-state index is 9.82. The van der Waals surface area contributed by atoms with E-state index in [9.17, 15) is 4.79 Å². The van der Waals surface area contributed by atoms with Crippen LogP contribution in [0.5, 0.6) is 0 Å². The van der Waals surface area contributed by atoms with Gasteiger partial charge in [-0.2, -0.15) is 0 Å². The third kappa shape index (κ3) is 4.15. The predicted octanol–water partition coefficient (Wildman–Crippen LogP) is 2.74. The van der Waals surface area contributed by atoms with Crippen LogP contribution < -0.4 is 0 Å². The Morgan fingerprint density at radius 3 is 2.13 bits per heavy atom. The fourth-order valence-corrected chi connectivity index (χ4v) is 1.72. The largest absolute Gasteiger partial charge is 0.466 e. The highest BCUT2D eigenvalue weighted by molar-refractivity contribution is 5.65. The maximum atomic E-state index is 9.82. The summed E-state index contributed by atoms with van der Waals surface area (Å²) < 4.78 is 4.40. The summed E-state index contributed by atoms with van der Waals surface area (Å²) >= 11 is 0. The summed E-state index contributed by atoms with van der Waals surface area (Å²) in [4.78, 5) is 9.82.